The Morgan fingerprint density at radius 3 is 1.81 bits per heavy atom. The topological polar surface area (TPSA) is 156 Å². The predicted octanol–water partition coefficient (Wildman–Crippen LogP) is 3.80. The molecule has 1 heterocycles. The Morgan fingerprint density at radius 1 is 0.810 bits per heavy atom. The Balaban J connectivity index is 1.99. The van der Waals surface area contributed by atoms with Crippen LogP contribution in [0.3, 0.4) is 0 Å². The minimum Gasteiger partial charge on any atom is -0.457 e. The molecule has 12 nitrogen and oxygen atoms in total. The van der Waals surface area contributed by atoms with E-state index < -0.39 is 62.9 Å². The highest BCUT2D eigenvalue weighted by atomic mass is 31.2. The van der Waals surface area contributed by atoms with E-state index in [1.165, 1.54) is 0 Å². The second-order valence-corrected chi connectivity index (χ2v) is 11.0. The number of phosphoric acid groups is 1. The fraction of sp³-hybridized carbons (Fsp3) is 0.483. The summed E-state index contributed by atoms with van der Waals surface area (Å²) in [5, 5.41) is 12.9. The molecule has 0 spiro atoms. The van der Waals surface area contributed by atoms with Gasteiger partial charge in [0.1, 0.15) is 18.2 Å². The first kappa shape index (κ1) is 33.4. The third-order valence-corrected chi connectivity index (χ3v) is 7.67. The largest absolute Gasteiger partial charge is 0.475 e. The molecule has 2 aromatic carbocycles. The fourth-order valence-electron chi connectivity index (χ4n) is 4.01. The van der Waals surface area contributed by atoms with E-state index in [0.717, 1.165) is 0 Å². The first-order valence-electron chi connectivity index (χ1n) is 13.8. The second-order valence-electron chi connectivity index (χ2n) is 9.36. The standard InChI is InChI=1S/C29H38NO11P/c1-4-23(32)30-26-28(39-24(33)5-2)27(22(17-31)38-29(26)40-25(34)6-3)41-42(35,36-18-20-13-9-7-10-14-20)37-19-21-15-11-8-12-16-21/h7-16,22,26-29,31H,4-6,17-19H2,1-3H3,(H,30,32). The number of benzene rings is 2. The first-order chi connectivity index (χ1) is 20.2. The zero-order valence-corrected chi connectivity index (χ0v) is 24.8. The van der Waals surface area contributed by atoms with Crippen molar-refractivity contribution >= 4 is 25.7 Å². The summed E-state index contributed by atoms with van der Waals surface area (Å²) in [5.41, 5.74) is 1.36. The maximum atomic E-state index is 14.2. The molecular weight excluding hydrogens is 569 g/mol. The summed E-state index contributed by atoms with van der Waals surface area (Å²) in [4.78, 5) is 37.3. The SMILES string of the molecule is CCC(=O)NC1C(OC(=O)CC)OC(CO)C(OP(=O)(OCc2ccccc2)OCc2ccccc2)C1OC(=O)CC. The third-order valence-electron chi connectivity index (χ3n) is 6.28. The van der Waals surface area contributed by atoms with E-state index in [0.29, 0.717) is 11.1 Å². The molecule has 3 rings (SSSR count). The van der Waals surface area contributed by atoms with Gasteiger partial charge in [-0.15, -0.1) is 0 Å². The Bertz CT molecular complexity index is 1150. The van der Waals surface area contributed by atoms with Crippen LogP contribution >= 0.6 is 7.82 Å². The molecule has 0 aliphatic carbocycles. The van der Waals surface area contributed by atoms with Crippen molar-refractivity contribution in [3.05, 3.63) is 71.8 Å². The van der Waals surface area contributed by atoms with Gasteiger partial charge in [0.15, 0.2) is 6.10 Å². The Hall–Kier alpha value is -3.12. The van der Waals surface area contributed by atoms with Crippen molar-refractivity contribution in [2.75, 3.05) is 6.61 Å². The summed E-state index contributed by atoms with van der Waals surface area (Å²) in [6, 6.07) is 16.5. The maximum absolute atomic E-state index is 14.2. The van der Waals surface area contributed by atoms with E-state index in [-0.39, 0.29) is 32.5 Å². The van der Waals surface area contributed by atoms with Crippen LogP contribution in [0.15, 0.2) is 60.7 Å². The number of aliphatic hydroxyl groups is 1. The van der Waals surface area contributed by atoms with Gasteiger partial charge in [-0.3, -0.25) is 28.0 Å². The van der Waals surface area contributed by atoms with Gasteiger partial charge in [-0.2, -0.15) is 0 Å². The smallest absolute Gasteiger partial charge is 0.457 e. The van der Waals surface area contributed by atoms with Gasteiger partial charge in [-0.1, -0.05) is 81.4 Å². The Labute approximate surface area is 245 Å². The molecule has 0 radical (unpaired) electrons. The molecule has 13 heteroatoms. The maximum Gasteiger partial charge on any atom is 0.475 e. The second kappa shape index (κ2) is 16.5. The van der Waals surface area contributed by atoms with Gasteiger partial charge < -0.3 is 24.6 Å². The van der Waals surface area contributed by atoms with E-state index >= 15 is 0 Å². The van der Waals surface area contributed by atoms with Crippen molar-refractivity contribution in [1.29, 1.82) is 0 Å². The van der Waals surface area contributed by atoms with Crippen LogP contribution < -0.4 is 5.32 Å². The number of carbonyl (C=O) groups excluding carboxylic acids is 3. The Morgan fingerprint density at radius 2 is 1.33 bits per heavy atom. The van der Waals surface area contributed by atoms with Crippen LogP contribution in [-0.2, 0) is 59.9 Å². The van der Waals surface area contributed by atoms with Gasteiger partial charge in [-0.05, 0) is 11.1 Å². The molecule has 1 aliphatic heterocycles. The highest BCUT2D eigenvalue weighted by Gasteiger charge is 2.53. The van der Waals surface area contributed by atoms with Gasteiger partial charge in [0.05, 0.1) is 19.8 Å². The summed E-state index contributed by atoms with van der Waals surface area (Å²) in [7, 11) is -4.48. The van der Waals surface area contributed by atoms with Crippen LogP contribution in [-0.4, -0.2) is 60.2 Å². The third kappa shape index (κ3) is 9.72. The van der Waals surface area contributed by atoms with Crippen molar-refractivity contribution in [1.82, 2.24) is 5.32 Å². The number of rotatable bonds is 15. The first-order valence-corrected chi connectivity index (χ1v) is 15.3. The van der Waals surface area contributed by atoms with Gasteiger partial charge in [0, 0.05) is 19.3 Å². The zero-order valence-electron chi connectivity index (χ0n) is 23.9. The lowest BCUT2D eigenvalue weighted by atomic mass is 9.96. The molecule has 2 N–H and O–H groups in total. The minimum absolute atomic E-state index is 0.00665. The lowest BCUT2D eigenvalue weighted by molar-refractivity contribution is -0.265. The summed E-state index contributed by atoms with van der Waals surface area (Å²) >= 11 is 0. The number of aliphatic hydroxyl groups excluding tert-OH is 1. The summed E-state index contributed by atoms with van der Waals surface area (Å²) in [6.45, 7) is 3.71. The van der Waals surface area contributed by atoms with Gasteiger partial charge in [-0.25, -0.2) is 4.57 Å². The highest BCUT2D eigenvalue weighted by molar-refractivity contribution is 7.48. The molecular formula is C29H38NO11P. The minimum atomic E-state index is -4.48. The zero-order chi connectivity index (χ0) is 30.5. The summed E-state index contributed by atoms with van der Waals surface area (Å²) < 4.78 is 48.5. The number of esters is 2. The van der Waals surface area contributed by atoms with Crippen LogP contribution in [0, 0.1) is 0 Å². The van der Waals surface area contributed by atoms with E-state index in [1.807, 2.05) is 12.1 Å². The van der Waals surface area contributed by atoms with E-state index in [1.54, 1.807) is 69.3 Å². The highest BCUT2D eigenvalue weighted by Crippen LogP contribution is 2.53. The van der Waals surface area contributed by atoms with Gasteiger partial charge >= 0.3 is 19.8 Å². The summed E-state index contributed by atoms with van der Waals surface area (Å²) in [5.74, 6) is -1.81. The van der Waals surface area contributed by atoms with Crippen LogP contribution in [0.1, 0.15) is 51.2 Å². The molecule has 2 aromatic rings. The number of ether oxygens (including phenoxy) is 3. The van der Waals surface area contributed by atoms with Crippen LogP contribution in [0.5, 0.6) is 0 Å². The number of amides is 1. The van der Waals surface area contributed by atoms with E-state index in [9.17, 15) is 24.1 Å². The van der Waals surface area contributed by atoms with E-state index in [4.69, 9.17) is 27.8 Å². The number of carbonyl (C=O) groups is 3. The average Bonchev–Trinajstić information content (AvgIpc) is 3.02. The molecule has 230 valence electrons. The predicted molar refractivity (Wildman–Crippen MR) is 149 cm³/mol. The monoisotopic (exact) mass is 607 g/mol. The summed E-state index contributed by atoms with van der Waals surface area (Å²) in [6.07, 6.45) is -5.66. The van der Waals surface area contributed by atoms with Gasteiger partial charge in [0.25, 0.3) is 0 Å². The lowest BCUT2D eigenvalue weighted by Crippen LogP contribution is -2.66. The number of nitrogens with one attached hydrogen (secondary N) is 1. The molecule has 1 amide bonds. The Kier molecular flexibility index (Phi) is 13.1. The molecule has 1 fully saturated rings. The number of hydrogen-bond donors (Lipinski definition) is 2. The molecule has 1 saturated heterocycles. The van der Waals surface area contributed by atoms with Crippen molar-refractivity contribution in [3.8, 4) is 0 Å². The molecule has 1 aliphatic rings. The van der Waals surface area contributed by atoms with Crippen LogP contribution in [0.25, 0.3) is 0 Å². The number of phosphoric ester groups is 1. The normalized spacial score (nSPS) is 22.2. The number of hydrogen-bond acceptors (Lipinski definition) is 11. The van der Waals surface area contributed by atoms with Crippen LogP contribution in [0.2, 0.25) is 0 Å². The van der Waals surface area contributed by atoms with Gasteiger partial charge in [0.2, 0.25) is 12.2 Å². The molecule has 42 heavy (non-hydrogen) atoms. The average molecular weight is 608 g/mol. The molecule has 5 atom stereocenters. The van der Waals surface area contributed by atoms with Crippen molar-refractivity contribution in [2.24, 2.45) is 0 Å². The van der Waals surface area contributed by atoms with Crippen LogP contribution in [0.4, 0.5) is 0 Å². The lowest BCUT2D eigenvalue weighted by Gasteiger charge is -2.45. The fourth-order valence-corrected chi connectivity index (χ4v) is 5.37. The van der Waals surface area contributed by atoms with E-state index in [2.05, 4.69) is 5.32 Å². The van der Waals surface area contributed by atoms with Crippen molar-refractivity contribution in [3.63, 3.8) is 0 Å². The van der Waals surface area contributed by atoms with Crippen molar-refractivity contribution in [2.45, 2.75) is 83.9 Å². The molecule has 0 saturated carbocycles. The molecule has 0 aromatic heterocycles. The molecule has 0 bridgehead atoms. The quantitative estimate of drug-likeness (QED) is 0.224. The van der Waals surface area contributed by atoms with Crippen molar-refractivity contribution < 1.29 is 51.8 Å². The molecule has 5 unspecified atom stereocenters.